The van der Waals surface area contributed by atoms with E-state index >= 15 is 0 Å². The molecule has 0 aliphatic carbocycles. The summed E-state index contributed by atoms with van der Waals surface area (Å²) in [4.78, 5) is 13.0. The van der Waals surface area contributed by atoms with Gasteiger partial charge in [-0.3, -0.25) is 4.79 Å². The van der Waals surface area contributed by atoms with E-state index in [0.29, 0.717) is 12.8 Å². The van der Waals surface area contributed by atoms with Crippen molar-refractivity contribution in [1.29, 1.82) is 0 Å². The second-order valence-corrected chi connectivity index (χ2v) is 17.2. The molecule has 0 aromatic rings. The van der Waals surface area contributed by atoms with Crippen LogP contribution in [0.15, 0.2) is 170 Å². The maximum absolute atomic E-state index is 13.0. The molecular formula is C61H93NO8. The number of carbonyl (C=O) groups excluding carboxylic acids is 1. The smallest absolute Gasteiger partial charge is 0.220 e. The van der Waals surface area contributed by atoms with Gasteiger partial charge in [-0.05, 0) is 122 Å². The molecule has 0 bridgehead atoms. The number of nitrogens with one attached hydrogen (secondary N) is 1. The van der Waals surface area contributed by atoms with Gasteiger partial charge in [-0.15, -0.1) is 0 Å². The molecule has 0 radical (unpaired) electrons. The van der Waals surface area contributed by atoms with E-state index in [9.17, 15) is 30.3 Å². The van der Waals surface area contributed by atoms with Crippen LogP contribution >= 0.6 is 0 Å². The van der Waals surface area contributed by atoms with Gasteiger partial charge in [0.2, 0.25) is 5.91 Å². The second-order valence-electron chi connectivity index (χ2n) is 17.2. The first-order valence-corrected chi connectivity index (χ1v) is 26.4. The molecule has 7 unspecified atom stereocenters. The zero-order valence-electron chi connectivity index (χ0n) is 42.9. The van der Waals surface area contributed by atoms with Gasteiger partial charge in [-0.2, -0.15) is 0 Å². The largest absolute Gasteiger partial charge is 0.394 e. The highest BCUT2D eigenvalue weighted by atomic mass is 16.7. The maximum atomic E-state index is 13.0. The number of ether oxygens (including phenoxy) is 2. The van der Waals surface area contributed by atoms with E-state index in [-0.39, 0.29) is 18.9 Å². The van der Waals surface area contributed by atoms with Crippen LogP contribution in [-0.2, 0) is 14.3 Å². The van der Waals surface area contributed by atoms with Crippen molar-refractivity contribution >= 4 is 5.91 Å². The van der Waals surface area contributed by atoms with Crippen LogP contribution in [0.2, 0.25) is 0 Å². The van der Waals surface area contributed by atoms with Crippen molar-refractivity contribution in [2.75, 3.05) is 13.2 Å². The molecule has 0 aromatic carbocycles. The lowest BCUT2D eigenvalue weighted by atomic mass is 9.99. The number of hydrogen-bond acceptors (Lipinski definition) is 8. The van der Waals surface area contributed by atoms with Crippen molar-refractivity contribution in [3.05, 3.63) is 170 Å². The van der Waals surface area contributed by atoms with Crippen LogP contribution < -0.4 is 5.32 Å². The molecule has 390 valence electrons. The number of carbonyl (C=O) groups is 1. The lowest BCUT2D eigenvalue weighted by Gasteiger charge is -2.40. The molecule has 9 nitrogen and oxygen atoms in total. The van der Waals surface area contributed by atoms with Gasteiger partial charge in [0.05, 0.1) is 25.4 Å². The summed E-state index contributed by atoms with van der Waals surface area (Å²) in [5.41, 5.74) is 0. The molecule has 70 heavy (non-hydrogen) atoms. The summed E-state index contributed by atoms with van der Waals surface area (Å²) in [7, 11) is 0. The monoisotopic (exact) mass is 968 g/mol. The van der Waals surface area contributed by atoms with Gasteiger partial charge in [-0.1, -0.05) is 190 Å². The van der Waals surface area contributed by atoms with Crippen LogP contribution in [0.25, 0.3) is 0 Å². The number of aliphatic hydroxyl groups is 5. The number of hydrogen-bond donors (Lipinski definition) is 6. The Morgan fingerprint density at radius 1 is 0.486 bits per heavy atom. The highest BCUT2D eigenvalue weighted by Crippen LogP contribution is 2.22. The fourth-order valence-corrected chi connectivity index (χ4v) is 6.90. The molecule has 1 fully saturated rings. The topological polar surface area (TPSA) is 149 Å². The van der Waals surface area contributed by atoms with Crippen molar-refractivity contribution in [1.82, 2.24) is 5.32 Å². The minimum absolute atomic E-state index is 0.232. The molecule has 6 N–H and O–H groups in total. The Hall–Kier alpha value is -4.45. The Bertz CT molecular complexity index is 1690. The van der Waals surface area contributed by atoms with E-state index in [1.54, 1.807) is 6.08 Å². The first kappa shape index (κ1) is 63.6. The summed E-state index contributed by atoms with van der Waals surface area (Å²) in [5.74, 6) is -0.235. The highest BCUT2D eigenvalue weighted by Gasteiger charge is 2.44. The standard InChI is InChI=1S/C61H93NO8/c1-3-5-7-9-11-13-15-16-17-18-19-20-21-22-23-24-25-26-27-28-29-30-31-32-33-34-35-36-37-38-39-40-41-43-45-47-49-51-57(65)62-54(53-69-61-60(68)59(67)58(66)56(52-63)70-61)55(64)50-48-46-44-42-14-12-10-8-6-4-2/h5-8,11,13-14,16-17,19-20,22-23,25-26,28-29,31-32,34-35,37-38,40-42,48,50,54-56,58-61,63-64,66-68H,3-4,9-10,12,15,18,21,24,27,30,33,36,39,43-47,49,51-53H2,1-2H3,(H,62,65)/b7-5-,8-6+,13-11-,17-16-,20-19-,23-22-,26-25-,29-28-,32-31-,35-34-,38-37-,41-40-,42-14+,50-48+. The van der Waals surface area contributed by atoms with Gasteiger partial charge in [-0.25, -0.2) is 0 Å². The first-order chi connectivity index (χ1) is 34.3. The average molecular weight is 968 g/mol. The maximum Gasteiger partial charge on any atom is 0.220 e. The van der Waals surface area contributed by atoms with Gasteiger partial charge >= 0.3 is 0 Å². The van der Waals surface area contributed by atoms with Crippen LogP contribution in [0.4, 0.5) is 0 Å². The van der Waals surface area contributed by atoms with E-state index in [2.05, 4.69) is 177 Å². The average Bonchev–Trinajstić information content (AvgIpc) is 3.36. The van der Waals surface area contributed by atoms with Crippen molar-refractivity contribution in [3.8, 4) is 0 Å². The van der Waals surface area contributed by atoms with Crippen molar-refractivity contribution in [2.24, 2.45) is 0 Å². The third-order valence-electron chi connectivity index (χ3n) is 11.0. The number of amides is 1. The molecule has 1 amide bonds. The van der Waals surface area contributed by atoms with E-state index in [4.69, 9.17) is 9.47 Å². The summed E-state index contributed by atoms with van der Waals surface area (Å²) in [6.45, 7) is 3.45. The summed E-state index contributed by atoms with van der Waals surface area (Å²) in [5, 5.41) is 54.1. The fourth-order valence-electron chi connectivity index (χ4n) is 6.90. The fraction of sp³-hybridized carbons (Fsp3) is 0.525. The summed E-state index contributed by atoms with van der Waals surface area (Å²) >= 11 is 0. The van der Waals surface area contributed by atoms with Crippen molar-refractivity contribution < 1.29 is 39.8 Å². The molecule has 1 saturated heterocycles. The lowest BCUT2D eigenvalue weighted by Crippen LogP contribution is -2.60. The number of aliphatic hydroxyl groups excluding tert-OH is 5. The van der Waals surface area contributed by atoms with Gasteiger partial charge in [0, 0.05) is 6.42 Å². The van der Waals surface area contributed by atoms with Crippen molar-refractivity contribution in [3.63, 3.8) is 0 Å². The Morgan fingerprint density at radius 2 is 0.857 bits per heavy atom. The van der Waals surface area contributed by atoms with E-state index in [1.165, 1.54) is 0 Å². The van der Waals surface area contributed by atoms with Crippen LogP contribution in [0.5, 0.6) is 0 Å². The minimum atomic E-state index is -1.59. The van der Waals surface area contributed by atoms with E-state index in [1.807, 2.05) is 6.08 Å². The van der Waals surface area contributed by atoms with E-state index < -0.39 is 49.5 Å². The van der Waals surface area contributed by atoms with Crippen LogP contribution in [0.3, 0.4) is 0 Å². The summed E-state index contributed by atoms with van der Waals surface area (Å²) in [6.07, 6.45) is 71.5. The lowest BCUT2D eigenvalue weighted by molar-refractivity contribution is -0.302. The third-order valence-corrected chi connectivity index (χ3v) is 11.0. The number of unbranched alkanes of at least 4 members (excludes halogenated alkanes) is 5. The van der Waals surface area contributed by atoms with Crippen LogP contribution in [0, 0.1) is 0 Å². The quantitative estimate of drug-likeness (QED) is 0.0262. The van der Waals surface area contributed by atoms with Crippen molar-refractivity contribution in [2.45, 2.75) is 192 Å². The molecule has 0 aromatic heterocycles. The summed E-state index contributed by atoms with van der Waals surface area (Å²) < 4.78 is 11.2. The Balaban J connectivity index is 2.23. The zero-order chi connectivity index (χ0) is 50.8. The van der Waals surface area contributed by atoms with Crippen LogP contribution in [0.1, 0.15) is 149 Å². The number of allylic oxidation sites excluding steroid dienone is 27. The first-order valence-electron chi connectivity index (χ1n) is 26.4. The predicted octanol–water partition coefficient (Wildman–Crippen LogP) is 12.7. The Morgan fingerprint density at radius 3 is 1.29 bits per heavy atom. The van der Waals surface area contributed by atoms with Gasteiger partial charge < -0.3 is 40.3 Å². The molecule has 0 spiro atoms. The predicted molar refractivity (Wildman–Crippen MR) is 294 cm³/mol. The Kier molecular flexibility index (Phi) is 43.8. The van der Waals surface area contributed by atoms with E-state index in [0.717, 1.165) is 116 Å². The molecule has 1 aliphatic heterocycles. The normalized spacial score (nSPS) is 20.8. The third kappa shape index (κ3) is 37.4. The second kappa shape index (κ2) is 48.2. The molecule has 1 heterocycles. The summed E-state index contributed by atoms with van der Waals surface area (Å²) in [6, 6.07) is -0.857. The number of rotatable bonds is 41. The Labute approximate surface area is 424 Å². The molecule has 9 heteroatoms. The van der Waals surface area contributed by atoms with Gasteiger partial charge in [0.15, 0.2) is 6.29 Å². The molecule has 0 saturated carbocycles. The highest BCUT2D eigenvalue weighted by molar-refractivity contribution is 5.76. The SMILES string of the molecule is CC/C=C\C/C=C\C/C=C\C/C=C\C/C=C\C/C=C\C/C=C\C/C=C\C/C=C\C/C=C\C/C=C\CCCCCC(=O)NC(COC1OC(CO)C(O)C(O)C1O)C(O)/C=C/CC/C=C/CC/C=C/CC. The zero-order valence-corrected chi connectivity index (χ0v) is 42.9. The van der Waals surface area contributed by atoms with Crippen LogP contribution in [-0.4, -0.2) is 87.5 Å². The molecular weight excluding hydrogens is 875 g/mol. The molecule has 1 rings (SSSR count). The van der Waals surface area contributed by atoms with Gasteiger partial charge in [0.1, 0.15) is 24.4 Å². The minimum Gasteiger partial charge on any atom is -0.394 e. The van der Waals surface area contributed by atoms with Gasteiger partial charge in [0.25, 0.3) is 0 Å². The molecule has 7 atom stereocenters. The molecule has 1 aliphatic rings.